The first-order valence-electron chi connectivity index (χ1n) is 7.85. The average molecular weight is 302 g/mol. The fourth-order valence-corrected chi connectivity index (χ4v) is 4.42. The van der Waals surface area contributed by atoms with Gasteiger partial charge >= 0.3 is 11.9 Å². The lowest BCUT2D eigenvalue weighted by Gasteiger charge is -2.66. The van der Waals surface area contributed by atoms with Crippen molar-refractivity contribution >= 4 is 11.9 Å². The Hall–Kier alpha value is -1.84. The molecule has 0 aromatic heterocycles. The summed E-state index contributed by atoms with van der Waals surface area (Å²) in [6.07, 6.45) is 3.13. The van der Waals surface area contributed by atoms with Gasteiger partial charge in [-0.1, -0.05) is 32.9 Å². The van der Waals surface area contributed by atoms with E-state index in [9.17, 15) is 14.7 Å². The maximum absolute atomic E-state index is 12.6. The first-order valence-corrected chi connectivity index (χ1v) is 7.85. The van der Waals surface area contributed by atoms with Gasteiger partial charge in [0.05, 0.1) is 11.1 Å². The van der Waals surface area contributed by atoms with Crippen molar-refractivity contribution < 1.29 is 19.4 Å². The first-order chi connectivity index (χ1) is 10.3. The summed E-state index contributed by atoms with van der Waals surface area (Å²) in [5.74, 6) is -0.731. The zero-order valence-electron chi connectivity index (χ0n) is 13.3. The minimum absolute atomic E-state index is 0.000965. The Balaban J connectivity index is 1.91. The average Bonchev–Trinajstić information content (AvgIpc) is 2.48. The predicted octanol–water partition coefficient (Wildman–Crippen LogP) is 3.76. The third-order valence-electron chi connectivity index (χ3n) is 6.06. The Morgan fingerprint density at radius 2 is 1.82 bits per heavy atom. The Bertz CT molecular complexity index is 634. The molecule has 3 atom stereocenters. The van der Waals surface area contributed by atoms with Gasteiger partial charge in [0.25, 0.3) is 0 Å². The van der Waals surface area contributed by atoms with E-state index in [-0.39, 0.29) is 16.5 Å². The SMILES string of the molecule is CC1CCC2CC1(OC(=O)c1ccccc1C(=O)O)C2(C)C. The van der Waals surface area contributed by atoms with Gasteiger partial charge in [-0.25, -0.2) is 9.59 Å². The summed E-state index contributed by atoms with van der Waals surface area (Å²) in [7, 11) is 0. The van der Waals surface area contributed by atoms with Crippen LogP contribution >= 0.6 is 0 Å². The van der Waals surface area contributed by atoms with Crippen molar-refractivity contribution in [2.24, 2.45) is 17.3 Å². The molecule has 0 heterocycles. The second kappa shape index (κ2) is 4.83. The number of carbonyl (C=O) groups is 2. The van der Waals surface area contributed by atoms with Gasteiger partial charge in [-0.15, -0.1) is 0 Å². The second-order valence-corrected chi connectivity index (χ2v) is 7.23. The van der Waals surface area contributed by atoms with Crippen LogP contribution in [0.2, 0.25) is 0 Å². The summed E-state index contributed by atoms with van der Waals surface area (Å²) in [6.45, 7) is 6.45. The number of ether oxygens (including phenoxy) is 1. The van der Waals surface area contributed by atoms with Crippen molar-refractivity contribution in [3.8, 4) is 0 Å². The summed E-state index contributed by atoms with van der Waals surface area (Å²) >= 11 is 0. The summed E-state index contributed by atoms with van der Waals surface area (Å²) in [5.41, 5.74) is -0.362. The third-order valence-corrected chi connectivity index (χ3v) is 6.06. The van der Waals surface area contributed by atoms with Crippen LogP contribution in [0, 0.1) is 17.3 Å². The molecule has 0 saturated heterocycles. The molecule has 3 saturated carbocycles. The highest BCUT2D eigenvalue weighted by Gasteiger charge is 2.67. The van der Waals surface area contributed by atoms with E-state index in [4.69, 9.17) is 4.74 Å². The zero-order valence-corrected chi connectivity index (χ0v) is 13.3. The number of carbonyl (C=O) groups excluding carboxylic acids is 1. The third kappa shape index (κ3) is 1.89. The van der Waals surface area contributed by atoms with Crippen LogP contribution in [-0.2, 0) is 4.74 Å². The normalized spacial score (nSPS) is 32.0. The fourth-order valence-electron chi connectivity index (χ4n) is 4.42. The fraction of sp³-hybridized carbons (Fsp3) is 0.556. The van der Waals surface area contributed by atoms with Crippen LogP contribution in [0.5, 0.6) is 0 Å². The van der Waals surface area contributed by atoms with E-state index >= 15 is 0 Å². The highest BCUT2D eigenvalue weighted by molar-refractivity contribution is 6.02. The number of esters is 1. The number of hydrogen-bond donors (Lipinski definition) is 1. The van der Waals surface area contributed by atoms with Crippen molar-refractivity contribution in [1.82, 2.24) is 0 Å². The molecule has 2 bridgehead atoms. The maximum Gasteiger partial charge on any atom is 0.339 e. The van der Waals surface area contributed by atoms with Crippen molar-refractivity contribution in [2.75, 3.05) is 0 Å². The predicted molar refractivity (Wildman–Crippen MR) is 81.8 cm³/mol. The van der Waals surface area contributed by atoms with Crippen molar-refractivity contribution in [2.45, 2.75) is 45.6 Å². The lowest BCUT2D eigenvalue weighted by atomic mass is 9.42. The van der Waals surface area contributed by atoms with Crippen LogP contribution < -0.4 is 0 Å². The van der Waals surface area contributed by atoms with Gasteiger partial charge in [-0.2, -0.15) is 0 Å². The van der Waals surface area contributed by atoms with Gasteiger partial charge in [0, 0.05) is 5.41 Å². The van der Waals surface area contributed by atoms with Crippen LogP contribution in [0.15, 0.2) is 24.3 Å². The van der Waals surface area contributed by atoms with E-state index in [2.05, 4.69) is 20.8 Å². The topological polar surface area (TPSA) is 63.6 Å². The molecule has 3 unspecified atom stereocenters. The largest absolute Gasteiger partial charge is 0.478 e. The molecule has 0 spiro atoms. The molecule has 4 nitrogen and oxygen atoms in total. The maximum atomic E-state index is 12.6. The Morgan fingerprint density at radius 3 is 2.36 bits per heavy atom. The minimum atomic E-state index is -1.10. The molecule has 0 radical (unpaired) electrons. The number of fused-ring (bicyclic) bond motifs is 2. The van der Waals surface area contributed by atoms with E-state index < -0.39 is 17.5 Å². The smallest absolute Gasteiger partial charge is 0.339 e. The quantitative estimate of drug-likeness (QED) is 0.864. The minimum Gasteiger partial charge on any atom is -0.478 e. The van der Waals surface area contributed by atoms with E-state index in [0.29, 0.717) is 11.8 Å². The number of aromatic carboxylic acids is 1. The Kier molecular flexibility index (Phi) is 3.31. The van der Waals surface area contributed by atoms with Gasteiger partial charge in [-0.05, 0) is 43.2 Å². The van der Waals surface area contributed by atoms with Crippen molar-refractivity contribution in [3.05, 3.63) is 35.4 Å². The molecule has 1 aromatic carbocycles. The van der Waals surface area contributed by atoms with Crippen molar-refractivity contribution in [3.63, 3.8) is 0 Å². The van der Waals surface area contributed by atoms with Crippen LogP contribution in [0.1, 0.15) is 60.7 Å². The molecule has 3 aliphatic carbocycles. The van der Waals surface area contributed by atoms with Crippen LogP contribution in [-0.4, -0.2) is 22.6 Å². The van der Waals surface area contributed by atoms with Crippen LogP contribution in [0.25, 0.3) is 0 Å². The van der Waals surface area contributed by atoms with Crippen LogP contribution in [0.3, 0.4) is 0 Å². The standard InChI is InChI=1S/C18H22O4/c1-11-8-9-12-10-18(11,17(12,2)3)22-16(21)14-7-5-4-6-13(14)15(19)20/h4-7,11-12H,8-10H2,1-3H3,(H,19,20). The molecule has 0 aliphatic heterocycles. The lowest BCUT2D eigenvalue weighted by Crippen LogP contribution is -2.68. The van der Waals surface area contributed by atoms with Gasteiger partial charge in [0.2, 0.25) is 0 Å². The molecule has 3 fully saturated rings. The summed E-state index contributed by atoms with van der Waals surface area (Å²) in [5, 5.41) is 9.24. The van der Waals surface area contributed by atoms with E-state index in [0.717, 1.165) is 12.8 Å². The van der Waals surface area contributed by atoms with E-state index in [1.54, 1.807) is 12.1 Å². The summed E-state index contributed by atoms with van der Waals surface area (Å²) in [6, 6.07) is 6.25. The van der Waals surface area contributed by atoms with Crippen LogP contribution in [0.4, 0.5) is 0 Å². The first kappa shape index (κ1) is 15.1. The number of benzene rings is 1. The molecule has 4 rings (SSSR count). The monoisotopic (exact) mass is 302 g/mol. The lowest BCUT2D eigenvalue weighted by molar-refractivity contribution is -0.250. The number of hydrogen-bond acceptors (Lipinski definition) is 3. The van der Waals surface area contributed by atoms with Gasteiger partial charge in [0.1, 0.15) is 5.60 Å². The van der Waals surface area contributed by atoms with Crippen molar-refractivity contribution in [1.29, 1.82) is 0 Å². The summed E-state index contributed by atoms with van der Waals surface area (Å²) in [4.78, 5) is 23.9. The Labute approximate surface area is 130 Å². The molecule has 1 N–H and O–H groups in total. The number of carboxylic acids is 1. The highest BCUT2D eigenvalue weighted by atomic mass is 16.6. The zero-order chi connectivity index (χ0) is 16.1. The molecular weight excluding hydrogens is 280 g/mol. The molecule has 1 aromatic rings. The molecule has 3 aliphatic rings. The van der Waals surface area contributed by atoms with E-state index in [1.165, 1.54) is 18.6 Å². The van der Waals surface area contributed by atoms with Gasteiger partial charge in [-0.3, -0.25) is 0 Å². The molecule has 118 valence electrons. The Morgan fingerprint density at radius 1 is 1.18 bits per heavy atom. The summed E-state index contributed by atoms with van der Waals surface area (Å²) < 4.78 is 5.95. The molecule has 22 heavy (non-hydrogen) atoms. The van der Waals surface area contributed by atoms with Gasteiger partial charge in [0.15, 0.2) is 0 Å². The number of rotatable bonds is 3. The van der Waals surface area contributed by atoms with Gasteiger partial charge < -0.3 is 9.84 Å². The van der Waals surface area contributed by atoms with E-state index in [1.807, 2.05) is 0 Å². The highest BCUT2D eigenvalue weighted by Crippen LogP contribution is 2.66. The second-order valence-electron chi connectivity index (χ2n) is 7.23. The molecule has 0 amide bonds. The molecular formula is C18H22O4. The molecule has 4 heteroatoms. The number of carboxylic acid groups (broad SMARTS) is 1.